The molecule has 0 unspecified atom stereocenters. The van der Waals surface area contributed by atoms with Gasteiger partial charge in [0.25, 0.3) is 0 Å². The molecule has 7 fully saturated rings. The minimum atomic E-state index is -1.66. The number of amides is 2. The number of fused-ring (bicyclic) bond motifs is 1. The molecule has 5 saturated carbocycles. The van der Waals surface area contributed by atoms with Crippen molar-refractivity contribution >= 4 is 23.5 Å². The van der Waals surface area contributed by atoms with Gasteiger partial charge in [0.2, 0.25) is 11.8 Å². The van der Waals surface area contributed by atoms with E-state index >= 15 is 0 Å². The molecule has 1 aromatic carbocycles. The van der Waals surface area contributed by atoms with Crippen LogP contribution in [0.25, 0.3) is 0 Å². The van der Waals surface area contributed by atoms with E-state index in [0.717, 1.165) is 11.3 Å². The molecule has 12 heteroatoms. The summed E-state index contributed by atoms with van der Waals surface area (Å²) in [6.07, 6.45) is 0.169. The number of likely N-dealkylation sites (tertiary alicyclic amines) is 1. The van der Waals surface area contributed by atoms with Crippen molar-refractivity contribution < 1.29 is 48.3 Å². The number of carbonyl (C=O) groups excluding carboxylic acids is 3. The maximum absolute atomic E-state index is 14.1. The number of hydrogen-bond donors (Lipinski definition) is 2. The second-order valence-corrected chi connectivity index (χ2v) is 16.0. The van der Waals surface area contributed by atoms with Gasteiger partial charge in [-0.2, -0.15) is 0 Å². The predicted molar refractivity (Wildman–Crippen MR) is 174 cm³/mol. The molecule has 7 bridgehead atoms. The normalized spacial score (nSPS) is 48.0. The molecular formula is C37H50N2O10. The van der Waals surface area contributed by atoms with E-state index in [2.05, 4.69) is 11.8 Å². The second-order valence-electron chi connectivity index (χ2n) is 16.0. The molecule has 2 heterocycles. The van der Waals surface area contributed by atoms with E-state index in [0.29, 0.717) is 32.4 Å². The van der Waals surface area contributed by atoms with Crippen molar-refractivity contribution in [1.82, 2.24) is 4.90 Å². The first kappa shape index (κ1) is 33.7. The predicted octanol–water partition coefficient (Wildman–Crippen LogP) is 2.04. The maximum atomic E-state index is 14.1. The van der Waals surface area contributed by atoms with E-state index < -0.39 is 52.0 Å². The zero-order valence-corrected chi connectivity index (χ0v) is 29.3. The lowest BCUT2D eigenvalue weighted by Crippen LogP contribution is -2.80. The minimum absolute atomic E-state index is 0.0358. The molecule has 5 aliphatic carbocycles. The fourth-order valence-corrected chi connectivity index (χ4v) is 13.4. The Hall–Kier alpha value is -2.45. The molecule has 2 saturated heterocycles. The van der Waals surface area contributed by atoms with Crippen molar-refractivity contribution in [2.45, 2.75) is 88.1 Å². The van der Waals surface area contributed by atoms with Crippen molar-refractivity contribution in [2.24, 2.45) is 39.9 Å². The van der Waals surface area contributed by atoms with Crippen molar-refractivity contribution in [3.05, 3.63) is 29.8 Å². The summed E-state index contributed by atoms with van der Waals surface area (Å²) in [5, 5.41) is 26.0. The topological polar surface area (TPSA) is 144 Å². The molecule has 1 aromatic rings. The number of ether oxygens (including phenoxy) is 5. The number of methoxy groups -OCH3 is 4. The molecule has 2 spiro atoms. The molecule has 268 valence electrons. The van der Waals surface area contributed by atoms with Crippen molar-refractivity contribution in [2.75, 3.05) is 53.0 Å². The number of rotatable bonds is 9. The minimum Gasteiger partial charge on any atom is -0.461 e. The Morgan fingerprint density at radius 2 is 1.78 bits per heavy atom. The highest BCUT2D eigenvalue weighted by atomic mass is 16.5. The van der Waals surface area contributed by atoms with E-state index in [1.54, 1.807) is 59.6 Å². The molecule has 2 aliphatic heterocycles. The molecule has 2 amide bonds. The van der Waals surface area contributed by atoms with Gasteiger partial charge < -0.3 is 33.9 Å². The van der Waals surface area contributed by atoms with Crippen LogP contribution in [-0.2, 0) is 33.3 Å². The Morgan fingerprint density at radius 3 is 2.41 bits per heavy atom. The van der Waals surface area contributed by atoms with Crippen LogP contribution < -0.4 is 4.90 Å². The maximum Gasteiger partial charge on any atom is 0.340 e. The molecule has 8 rings (SSSR count). The van der Waals surface area contributed by atoms with Crippen LogP contribution in [0.1, 0.15) is 56.3 Å². The lowest BCUT2D eigenvalue weighted by molar-refractivity contribution is -0.304. The van der Waals surface area contributed by atoms with Crippen molar-refractivity contribution in [3.8, 4) is 0 Å². The number of para-hydroxylation sites is 1. The number of aliphatic hydroxyl groups excluding tert-OH is 1. The average Bonchev–Trinajstić information content (AvgIpc) is 3.74. The van der Waals surface area contributed by atoms with Crippen LogP contribution in [-0.4, -0.2) is 123 Å². The summed E-state index contributed by atoms with van der Waals surface area (Å²) in [5.74, 6) is -2.10. The zero-order chi connectivity index (χ0) is 34.8. The van der Waals surface area contributed by atoms with Gasteiger partial charge >= 0.3 is 5.97 Å². The Bertz CT molecular complexity index is 1560. The van der Waals surface area contributed by atoms with Gasteiger partial charge in [-0.25, -0.2) is 9.69 Å². The van der Waals surface area contributed by atoms with Gasteiger partial charge in [0.15, 0.2) is 0 Å². The third kappa shape index (κ3) is 3.81. The standard InChI is InChI=1S/C37H50N2O10/c1-7-38-17-34(18-49-31(42)20-10-8-9-11-22(20)39-26(40)14-19(2)30(39)41)13-12-25(46-4)36-24-15-21-23(45-3)16-35(24,28(21)47-5)33(43)37(44,32(36)38)29(48-6)27(34)36/h8-11,19,21,23-25,27-29,32-33,43-44H,7,12-18H2,1-6H3/t19-,21+,23-,24-,25-,27+,28-,29-,32+,33+,34-,35-,36-,37-/m0/s1. The van der Waals surface area contributed by atoms with Crippen molar-refractivity contribution in [1.29, 1.82) is 0 Å². The summed E-state index contributed by atoms with van der Waals surface area (Å²) in [5.41, 5.74) is -3.36. The molecule has 14 atom stereocenters. The lowest BCUT2D eigenvalue weighted by Gasteiger charge is -2.70. The number of nitrogens with zero attached hydrogens (tertiary/aromatic N) is 2. The van der Waals surface area contributed by atoms with Gasteiger partial charge in [0.1, 0.15) is 5.60 Å². The molecule has 2 N–H and O–H groups in total. The third-order valence-electron chi connectivity index (χ3n) is 14.6. The van der Waals surface area contributed by atoms with Gasteiger partial charge in [-0.3, -0.25) is 14.5 Å². The Morgan fingerprint density at radius 1 is 1.04 bits per heavy atom. The number of benzene rings is 1. The van der Waals surface area contributed by atoms with E-state index in [4.69, 9.17) is 23.7 Å². The van der Waals surface area contributed by atoms with E-state index in [1.165, 1.54) is 0 Å². The number of imide groups is 1. The zero-order valence-electron chi connectivity index (χ0n) is 29.3. The first-order valence-corrected chi connectivity index (χ1v) is 17.9. The quantitative estimate of drug-likeness (QED) is 0.292. The fourth-order valence-electron chi connectivity index (χ4n) is 13.4. The highest BCUT2D eigenvalue weighted by Crippen LogP contribution is 2.82. The Labute approximate surface area is 287 Å². The highest BCUT2D eigenvalue weighted by molar-refractivity contribution is 6.22. The Balaban J connectivity index is 1.23. The van der Waals surface area contributed by atoms with Crippen LogP contribution in [0.15, 0.2) is 24.3 Å². The number of aliphatic hydroxyl groups is 2. The van der Waals surface area contributed by atoms with Gasteiger partial charge in [-0.05, 0) is 50.3 Å². The fraction of sp³-hybridized carbons (Fsp3) is 0.757. The second kappa shape index (κ2) is 11.3. The third-order valence-corrected chi connectivity index (χ3v) is 14.6. The van der Waals surface area contributed by atoms with Crippen LogP contribution in [0.2, 0.25) is 0 Å². The van der Waals surface area contributed by atoms with Crippen molar-refractivity contribution in [3.63, 3.8) is 0 Å². The van der Waals surface area contributed by atoms with Gasteiger partial charge in [0, 0.05) is 75.4 Å². The molecule has 7 aliphatic rings. The SMILES string of the molecule is CCN1C[C@]2(COC(=O)c3ccccc3N3C(=O)C[C@H](C)C3=O)CC[C@H](OC)[C@]34[C@@H]2[C@H](OC)[C@@](O)([C@H](O)[C@@]25C[C@H](OC)[C@@H](C[C@@H]23)[C@@H]5OC)[C@H]14. The molecule has 12 nitrogen and oxygen atoms in total. The number of anilines is 1. The Kier molecular flexibility index (Phi) is 7.75. The summed E-state index contributed by atoms with van der Waals surface area (Å²) in [7, 11) is 6.75. The average molecular weight is 683 g/mol. The smallest absolute Gasteiger partial charge is 0.340 e. The van der Waals surface area contributed by atoms with Gasteiger partial charge in [0.05, 0.1) is 54.4 Å². The van der Waals surface area contributed by atoms with E-state index in [1.807, 2.05) is 0 Å². The van der Waals surface area contributed by atoms with Crippen LogP contribution in [0.5, 0.6) is 0 Å². The van der Waals surface area contributed by atoms with Gasteiger partial charge in [-0.1, -0.05) is 26.0 Å². The number of piperidine rings is 1. The van der Waals surface area contributed by atoms with Crippen LogP contribution >= 0.6 is 0 Å². The summed E-state index contributed by atoms with van der Waals surface area (Å²) < 4.78 is 31.3. The van der Waals surface area contributed by atoms with E-state index in [9.17, 15) is 24.6 Å². The highest BCUT2D eigenvalue weighted by Gasteiger charge is 2.91. The first-order valence-electron chi connectivity index (χ1n) is 17.9. The number of carbonyl (C=O) groups is 3. The van der Waals surface area contributed by atoms with Crippen LogP contribution in [0, 0.1) is 39.9 Å². The van der Waals surface area contributed by atoms with Crippen LogP contribution in [0.3, 0.4) is 0 Å². The summed E-state index contributed by atoms with van der Waals surface area (Å²) >= 11 is 0. The van der Waals surface area contributed by atoms with E-state index in [-0.39, 0.29) is 72.2 Å². The largest absolute Gasteiger partial charge is 0.461 e. The number of likely N-dealkylation sites (N-methyl/N-ethyl adjacent to an activating group) is 1. The number of hydrogen-bond acceptors (Lipinski definition) is 11. The lowest BCUT2D eigenvalue weighted by atomic mass is 9.41. The first-order chi connectivity index (χ1) is 23.5. The summed E-state index contributed by atoms with van der Waals surface area (Å²) in [6.45, 7) is 4.96. The number of esters is 1. The monoisotopic (exact) mass is 682 g/mol. The molecule has 49 heavy (non-hydrogen) atoms. The molecular weight excluding hydrogens is 632 g/mol. The summed E-state index contributed by atoms with van der Waals surface area (Å²) in [6, 6.07) is 6.14. The summed E-state index contributed by atoms with van der Waals surface area (Å²) in [4.78, 5) is 43.3. The molecule has 0 radical (unpaired) electrons. The van der Waals surface area contributed by atoms with Gasteiger partial charge in [-0.15, -0.1) is 0 Å². The van der Waals surface area contributed by atoms with Crippen LogP contribution in [0.4, 0.5) is 5.69 Å². The molecule has 0 aromatic heterocycles.